The lowest BCUT2D eigenvalue weighted by atomic mass is 10.1. The summed E-state index contributed by atoms with van der Waals surface area (Å²) in [5.74, 6) is -0.626. The van der Waals surface area contributed by atoms with Crippen LogP contribution in [-0.4, -0.2) is 25.4 Å². The van der Waals surface area contributed by atoms with E-state index in [0.29, 0.717) is 5.69 Å². The summed E-state index contributed by atoms with van der Waals surface area (Å²) in [7, 11) is -3.78. The fourth-order valence-corrected chi connectivity index (χ4v) is 3.44. The zero-order valence-corrected chi connectivity index (χ0v) is 14.7. The van der Waals surface area contributed by atoms with Crippen LogP contribution in [0.2, 0.25) is 0 Å². The predicted molar refractivity (Wildman–Crippen MR) is 93.0 cm³/mol. The average molecular weight is 347 g/mol. The SMILES string of the molecule is Cc1ccc(S(=O)(=O)N[C@H](C(=O)Nc2ccncc2)C(C)C)cc1. The molecule has 0 unspecified atom stereocenters. The van der Waals surface area contributed by atoms with Crippen LogP contribution in [0.25, 0.3) is 0 Å². The van der Waals surface area contributed by atoms with Crippen molar-refractivity contribution in [1.29, 1.82) is 0 Å². The Hall–Kier alpha value is -2.25. The first-order valence-corrected chi connectivity index (χ1v) is 9.08. The smallest absolute Gasteiger partial charge is 0.242 e. The summed E-state index contributed by atoms with van der Waals surface area (Å²) >= 11 is 0. The van der Waals surface area contributed by atoms with Crippen LogP contribution in [0, 0.1) is 12.8 Å². The number of rotatable bonds is 6. The van der Waals surface area contributed by atoms with Crippen LogP contribution < -0.4 is 10.0 Å². The minimum Gasteiger partial charge on any atom is -0.325 e. The lowest BCUT2D eigenvalue weighted by Gasteiger charge is -2.21. The quantitative estimate of drug-likeness (QED) is 0.839. The van der Waals surface area contributed by atoms with Gasteiger partial charge in [0, 0.05) is 18.1 Å². The summed E-state index contributed by atoms with van der Waals surface area (Å²) in [6, 6.07) is 8.88. The number of carbonyl (C=O) groups excluding carboxylic acids is 1. The van der Waals surface area contributed by atoms with Crippen LogP contribution in [0.1, 0.15) is 19.4 Å². The molecule has 0 aliphatic heterocycles. The number of hydrogen-bond acceptors (Lipinski definition) is 4. The number of anilines is 1. The molecule has 1 aromatic heterocycles. The molecule has 1 aromatic carbocycles. The Balaban J connectivity index is 2.18. The van der Waals surface area contributed by atoms with Gasteiger partial charge in [0.15, 0.2) is 0 Å². The Morgan fingerprint density at radius 1 is 1.04 bits per heavy atom. The summed E-state index contributed by atoms with van der Waals surface area (Å²) in [6.07, 6.45) is 3.10. The molecule has 1 amide bonds. The van der Waals surface area contributed by atoms with Crippen molar-refractivity contribution >= 4 is 21.6 Å². The van der Waals surface area contributed by atoms with E-state index in [-0.39, 0.29) is 10.8 Å². The summed E-state index contributed by atoms with van der Waals surface area (Å²) in [6.45, 7) is 5.45. The highest BCUT2D eigenvalue weighted by Crippen LogP contribution is 2.14. The largest absolute Gasteiger partial charge is 0.325 e. The van der Waals surface area contributed by atoms with Crippen molar-refractivity contribution in [3.8, 4) is 0 Å². The standard InChI is InChI=1S/C17H21N3O3S/c1-12(2)16(17(21)19-14-8-10-18-11-9-14)20-24(22,23)15-6-4-13(3)5-7-15/h4-12,16,20H,1-3H3,(H,18,19,21)/t16-/m0/s1. The number of carbonyl (C=O) groups is 1. The number of aryl methyl sites for hydroxylation is 1. The van der Waals surface area contributed by atoms with Crippen LogP contribution in [0.15, 0.2) is 53.7 Å². The molecule has 1 heterocycles. The number of hydrogen-bond donors (Lipinski definition) is 2. The highest BCUT2D eigenvalue weighted by atomic mass is 32.2. The van der Waals surface area contributed by atoms with Crippen LogP contribution in [0.3, 0.4) is 0 Å². The van der Waals surface area contributed by atoms with E-state index in [0.717, 1.165) is 5.56 Å². The minimum absolute atomic E-state index is 0.135. The maximum Gasteiger partial charge on any atom is 0.242 e. The molecule has 2 N–H and O–H groups in total. The third kappa shape index (κ3) is 4.62. The minimum atomic E-state index is -3.78. The molecule has 2 rings (SSSR count). The summed E-state index contributed by atoms with van der Waals surface area (Å²) in [5, 5.41) is 2.70. The van der Waals surface area contributed by atoms with Gasteiger partial charge in [-0.3, -0.25) is 9.78 Å². The second-order valence-corrected chi connectivity index (χ2v) is 7.60. The molecule has 0 saturated carbocycles. The molecular weight excluding hydrogens is 326 g/mol. The Bertz CT molecular complexity index is 788. The number of nitrogens with zero attached hydrogens (tertiary/aromatic N) is 1. The Morgan fingerprint density at radius 3 is 2.17 bits per heavy atom. The number of amides is 1. The van der Waals surface area contributed by atoms with Gasteiger partial charge in [-0.1, -0.05) is 31.5 Å². The lowest BCUT2D eigenvalue weighted by molar-refractivity contribution is -0.118. The molecule has 7 heteroatoms. The van der Waals surface area contributed by atoms with Gasteiger partial charge in [-0.05, 0) is 37.1 Å². The Labute approximate surface area is 142 Å². The zero-order valence-electron chi connectivity index (χ0n) is 13.9. The third-order valence-corrected chi connectivity index (χ3v) is 4.97. The van der Waals surface area contributed by atoms with Gasteiger partial charge in [-0.2, -0.15) is 4.72 Å². The van der Waals surface area contributed by atoms with E-state index in [4.69, 9.17) is 0 Å². The van der Waals surface area contributed by atoms with Crippen molar-refractivity contribution < 1.29 is 13.2 Å². The lowest BCUT2D eigenvalue weighted by Crippen LogP contribution is -2.47. The normalized spacial score (nSPS) is 12.8. The van der Waals surface area contributed by atoms with Crippen molar-refractivity contribution in [2.75, 3.05) is 5.32 Å². The van der Waals surface area contributed by atoms with Crippen molar-refractivity contribution in [1.82, 2.24) is 9.71 Å². The maximum atomic E-state index is 12.5. The number of benzene rings is 1. The molecule has 2 aromatic rings. The number of pyridine rings is 1. The summed E-state index contributed by atoms with van der Waals surface area (Å²) in [4.78, 5) is 16.5. The van der Waals surface area contributed by atoms with Gasteiger partial charge in [-0.15, -0.1) is 0 Å². The van der Waals surface area contributed by atoms with Gasteiger partial charge in [0.2, 0.25) is 15.9 Å². The molecule has 0 aliphatic rings. The molecule has 6 nitrogen and oxygen atoms in total. The predicted octanol–water partition coefficient (Wildman–Crippen LogP) is 2.33. The highest BCUT2D eigenvalue weighted by molar-refractivity contribution is 7.89. The Kier molecular flexibility index (Phi) is 5.69. The first-order chi connectivity index (χ1) is 11.3. The van der Waals surface area contributed by atoms with E-state index >= 15 is 0 Å². The van der Waals surface area contributed by atoms with Gasteiger partial charge in [0.1, 0.15) is 6.04 Å². The second kappa shape index (κ2) is 7.55. The molecule has 1 atom stereocenters. The van der Waals surface area contributed by atoms with E-state index in [2.05, 4.69) is 15.0 Å². The molecule has 0 aliphatic carbocycles. The average Bonchev–Trinajstić information content (AvgIpc) is 2.53. The molecular formula is C17H21N3O3S. The van der Waals surface area contributed by atoms with Crippen LogP contribution >= 0.6 is 0 Å². The third-order valence-electron chi connectivity index (χ3n) is 3.51. The maximum absolute atomic E-state index is 12.5. The van der Waals surface area contributed by atoms with Gasteiger partial charge in [-0.25, -0.2) is 8.42 Å². The first kappa shape index (κ1) is 18.1. The van der Waals surface area contributed by atoms with Crippen molar-refractivity contribution in [3.05, 3.63) is 54.4 Å². The topological polar surface area (TPSA) is 88.2 Å². The molecule has 0 spiro atoms. The number of aromatic nitrogens is 1. The van der Waals surface area contributed by atoms with E-state index in [1.807, 2.05) is 6.92 Å². The summed E-state index contributed by atoms with van der Waals surface area (Å²) < 4.78 is 27.5. The van der Waals surface area contributed by atoms with E-state index < -0.39 is 22.0 Å². The van der Waals surface area contributed by atoms with E-state index in [9.17, 15) is 13.2 Å². The molecule has 0 saturated heterocycles. The van der Waals surface area contributed by atoms with Gasteiger partial charge < -0.3 is 5.32 Å². The van der Waals surface area contributed by atoms with Gasteiger partial charge in [0.25, 0.3) is 0 Å². The number of sulfonamides is 1. The van der Waals surface area contributed by atoms with Crippen LogP contribution in [0.5, 0.6) is 0 Å². The molecule has 0 bridgehead atoms. The van der Waals surface area contributed by atoms with Crippen molar-refractivity contribution in [3.63, 3.8) is 0 Å². The Morgan fingerprint density at radius 2 is 1.62 bits per heavy atom. The highest BCUT2D eigenvalue weighted by Gasteiger charge is 2.28. The zero-order chi connectivity index (χ0) is 17.7. The molecule has 24 heavy (non-hydrogen) atoms. The van der Waals surface area contributed by atoms with Gasteiger partial charge in [0.05, 0.1) is 4.90 Å². The molecule has 0 radical (unpaired) electrons. The molecule has 0 fully saturated rings. The van der Waals surface area contributed by atoms with E-state index in [1.165, 1.54) is 12.1 Å². The van der Waals surface area contributed by atoms with Crippen molar-refractivity contribution in [2.24, 2.45) is 5.92 Å². The first-order valence-electron chi connectivity index (χ1n) is 7.59. The second-order valence-electron chi connectivity index (χ2n) is 5.88. The molecule has 128 valence electrons. The van der Waals surface area contributed by atoms with Crippen LogP contribution in [0.4, 0.5) is 5.69 Å². The van der Waals surface area contributed by atoms with Crippen LogP contribution in [-0.2, 0) is 14.8 Å². The fraction of sp³-hybridized carbons (Fsp3) is 0.294. The monoisotopic (exact) mass is 347 g/mol. The van der Waals surface area contributed by atoms with Crippen molar-refractivity contribution in [2.45, 2.75) is 31.7 Å². The summed E-state index contributed by atoms with van der Waals surface area (Å²) in [5.41, 5.74) is 1.53. The van der Waals surface area contributed by atoms with E-state index in [1.54, 1.807) is 50.5 Å². The fourth-order valence-electron chi connectivity index (χ4n) is 2.10. The van der Waals surface area contributed by atoms with Gasteiger partial charge >= 0.3 is 0 Å². The number of nitrogens with one attached hydrogen (secondary N) is 2.